The first-order valence-corrected chi connectivity index (χ1v) is 7.09. The van der Waals surface area contributed by atoms with E-state index in [9.17, 15) is 4.79 Å². The second kappa shape index (κ2) is 6.05. The summed E-state index contributed by atoms with van der Waals surface area (Å²) in [6.07, 6.45) is 3.21. The summed E-state index contributed by atoms with van der Waals surface area (Å²) >= 11 is 0. The number of rotatable bonds is 2. The van der Waals surface area contributed by atoms with Crippen molar-refractivity contribution in [3.05, 3.63) is 41.5 Å². The molecular formula is C17H23NO. The highest BCUT2D eigenvalue weighted by molar-refractivity contribution is 5.97. The average molecular weight is 257 g/mol. The normalized spacial score (nSPS) is 24.4. The number of hydrogen-bond donors (Lipinski definition) is 0. The quantitative estimate of drug-likeness (QED) is 0.741. The topological polar surface area (TPSA) is 20.3 Å². The Morgan fingerprint density at radius 2 is 1.74 bits per heavy atom. The molecule has 0 N–H and O–H groups in total. The van der Waals surface area contributed by atoms with Gasteiger partial charge in [-0.1, -0.05) is 44.2 Å². The highest BCUT2D eigenvalue weighted by Crippen LogP contribution is 2.22. The molecule has 0 aliphatic carbocycles. The van der Waals surface area contributed by atoms with Gasteiger partial charge in [-0.3, -0.25) is 4.79 Å². The lowest BCUT2D eigenvalue weighted by Gasteiger charge is -2.35. The van der Waals surface area contributed by atoms with Crippen LogP contribution in [0, 0.1) is 11.8 Å². The van der Waals surface area contributed by atoms with Gasteiger partial charge in [-0.15, -0.1) is 0 Å². The summed E-state index contributed by atoms with van der Waals surface area (Å²) in [6, 6.07) is 10.0. The van der Waals surface area contributed by atoms with E-state index in [0.717, 1.165) is 24.2 Å². The number of benzene rings is 1. The second-order valence-electron chi connectivity index (χ2n) is 5.89. The Hall–Kier alpha value is -1.57. The Labute approximate surface area is 116 Å². The molecule has 2 nitrogen and oxygen atoms in total. The lowest BCUT2D eigenvalue weighted by molar-refractivity contribution is -0.129. The van der Waals surface area contributed by atoms with Crippen molar-refractivity contribution in [1.82, 2.24) is 4.90 Å². The monoisotopic (exact) mass is 257 g/mol. The van der Waals surface area contributed by atoms with E-state index in [-0.39, 0.29) is 5.91 Å². The number of carbonyl (C=O) groups excluding carboxylic acids is 1. The van der Waals surface area contributed by atoms with Crippen molar-refractivity contribution < 1.29 is 4.79 Å². The van der Waals surface area contributed by atoms with E-state index in [1.807, 2.05) is 48.2 Å². The average Bonchev–Trinajstić information content (AvgIpc) is 2.37. The van der Waals surface area contributed by atoms with Crippen LogP contribution in [0.5, 0.6) is 0 Å². The van der Waals surface area contributed by atoms with Crippen molar-refractivity contribution >= 4 is 12.0 Å². The van der Waals surface area contributed by atoms with Gasteiger partial charge in [0.25, 0.3) is 0 Å². The maximum absolute atomic E-state index is 12.5. The molecule has 1 saturated heterocycles. The zero-order valence-corrected chi connectivity index (χ0v) is 12.1. The molecule has 102 valence electrons. The van der Waals surface area contributed by atoms with Gasteiger partial charge in [0.05, 0.1) is 0 Å². The van der Waals surface area contributed by atoms with E-state index in [1.54, 1.807) is 0 Å². The first kappa shape index (κ1) is 13.9. The van der Waals surface area contributed by atoms with Gasteiger partial charge >= 0.3 is 0 Å². The van der Waals surface area contributed by atoms with E-state index in [2.05, 4.69) is 13.8 Å². The minimum Gasteiger partial charge on any atom is -0.338 e. The SMILES string of the molecule is C/C(=C\c1ccccc1)C(=O)N1CC(C)CC(C)C1. The molecule has 0 radical (unpaired) electrons. The van der Waals surface area contributed by atoms with Crippen molar-refractivity contribution in [2.75, 3.05) is 13.1 Å². The molecule has 0 spiro atoms. The molecular weight excluding hydrogens is 234 g/mol. The summed E-state index contributed by atoms with van der Waals surface area (Å²) in [5.41, 5.74) is 1.92. The zero-order valence-electron chi connectivity index (χ0n) is 12.1. The fourth-order valence-electron chi connectivity index (χ4n) is 2.94. The molecule has 0 aromatic heterocycles. The molecule has 1 aliphatic rings. The minimum atomic E-state index is 0.183. The molecule has 1 aromatic rings. The van der Waals surface area contributed by atoms with Crippen LogP contribution in [0.15, 0.2) is 35.9 Å². The summed E-state index contributed by atoms with van der Waals surface area (Å²) in [6.45, 7) is 8.16. The Morgan fingerprint density at radius 1 is 1.16 bits per heavy atom. The third-order valence-corrected chi connectivity index (χ3v) is 3.68. The standard InChI is InChI=1S/C17H23NO/c1-13-9-14(2)12-18(11-13)17(19)15(3)10-16-7-5-4-6-8-16/h4-8,10,13-14H,9,11-12H2,1-3H3/b15-10+. The van der Waals surface area contributed by atoms with E-state index in [0.29, 0.717) is 11.8 Å². The molecule has 1 aromatic carbocycles. The van der Waals surface area contributed by atoms with Crippen LogP contribution in [0.1, 0.15) is 32.8 Å². The lowest BCUT2D eigenvalue weighted by Crippen LogP contribution is -2.42. The third-order valence-electron chi connectivity index (χ3n) is 3.68. The lowest BCUT2D eigenvalue weighted by atomic mass is 9.91. The fraction of sp³-hybridized carbons (Fsp3) is 0.471. The highest BCUT2D eigenvalue weighted by atomic mass is 16.2. The molecule has 0 saturated carbocycles. The van der Waals surface area contributed by atoms with Crippen LogP contribution in [0.3, 0.4) is 0 Å². The number of piperidine rings is 1. The largest absolute Gasteiger partial charge is 0.338 e. The molecule has 1 heterocycles. The summed E-state index contributed by atoms with van der Waals surface area (Å²) < 4.78 is 0. The van der Waals surface area contributed by atoms with Crippen LogP contribution in [-0.4, -0.2) is 23.9 Å². The third kappa shape index (κ3) is 3.69. The Morgan fingerprint density at radius 3 is 2.32 bits per heavy atom. The number of nitrogens with zero attached hydrogens (tertiary/aromatic N) is 1. The van der Waals surface area contributed by atoms with Gasteiger partial charge in [0.2, 0.25) is 5.91 Å². The maximum Gasteiger partial charge on any atom is 0.249 e. The summed E-state index contributed by atoms with van der Waals surface area (Å²) in [5.74, 6) is 1.40. The van der Waals surface area contributed by atoms with Gasteiger partial charge in [-0.25, -0.2) is 0 Å². The summed E-state index contributed by atoms with van der Waals surface area (Å²) in [5, 5.41) is 0. The highest BCUT2D eigenvalue weighted by Gasteiger charge is 2.25. The van der Waals surface area contributed by atoms with E-state index in [1.165, 1.54) is 6.42 Å². The number of likely N-dealkylation sites (tertiary alicyclic amines) is 1. The molecule has 1 aliphatic heterocycles. The van der Waals surface area contributed by atoms with Crippen molar-refractivity contribution in [3.63, 3.8) is 0 Å². The van der Waals surface area contributed by atoms with Crippen LogP contribution in [0.2, 0.25) is 0 Å². The van der Waals surface area contributed by atoms with Crippen LogP contribution >= 0.6 is 0 Å². The summed E-state index contributed by atoms with van der Waals surface area (Å²) in [4.78, 5) is 14.5. The van der Waals surface area contributed by atoms with Crippen LogP contribution in [-0.2, 0) is 4.79 Å². The Kier molecular flexibility index (Phi) is 4.41. The molecule has 0 bridgehead atoms. The molecule has 2 unspecified atom stereocenters. The number of hydrogen-bond acceptors (Lipinski definition) is 1. The molecule has 2 heteroatoms. The fourth-order valence-corrected chi connectivity index (χ4v) is 2.94. The van der Waals surface area contributed by atoms with Gasteiger partial charge in [0.15, 0.2) is 0 Å². The van der Waals surface area contributed by atoms with Gasteiger partial charge < -0.3 is 4.90 Å². The van der Waals surface area contributed by atoms with Crippen molar-refractivity contribution in [2.45, 2.75) is 27.2 Å². The van der Waals surface area contributed by atoms with E-state index >= 15 is 0 Å². The van der Waals surface area contributed by atoms with Crippen LogP contribution in [0.25, 0.3) is 6.08 Å². The molecule has 2 atom stereocenters. The Balaban J connectivity index is 2.09. The van der Waals surface area contributed by atoms with Crippen molar-refractivity contribution in [2.24, 2.45) is 11.8 Å². The molecule has 1 amide bonds. The number of amides is 1. The predicted molar refractivity (Wildman–Crippen MR) is 79.6 cm³/mol. The van der Waals surface area contributed by atoms with Gasteiger partial charge in [-0.05, 0) is 36.8 Å². The van der Waals surface area contributed by atoms with Crippen molar-refractivity contribution in [3.8, 4) is 0 Å². The summed E-state index contributed by atoms with van der Waals surface area (Å²) in [7, 11) is 0. The van der Waals surface area contributed by atoms with E-state index in [4.69, 9.17) is 0 Å². The smallest absolute Gasteiger partial charge is 0.249 e. The van der Waals surface area contributed by atoms with Crippen molar-refractivity contribution in [1.29, 1.82) is 0 Å². The maximum atomic E-state index is 12.5. The number of carbonyl (C=O) groups is 1. The van der Waals surface area contributed by atoms with Gasteiger partial charge in [0.1, 0.15) is 0 Å². The predicted octanol–water partition coefficient (Wildman–Crippen LogP) is 3.59. The molecule has 2 rings (SSSR count). The Bertz CT molecular complexity index is 453. The first-order valence-electron chi connectivity index (χ1n) is 7.09. The molecule has 19 heavy (non-hydrogen) atoms. The van der Waals surface area contributed by atoms with Gasteiger partial charge in [-0.2, -0.15) is 0 Å². The second-order valence-corrected chi connectivity index (χ2v) is 5.89. The molecule has 1 fully saturated rings. The van der Waals surface area contributed by atoms with Gasteiger partial charge in [0, 0.05) is 18.7 Å². The first-order chi connectivity index (χ1) is 9.06. The van der Waals surface area contributed by atoms with Crippen LogP contribution < -0.4 is 0 Å². The zero-order chi connectivity index (χ0) is 13.8. The van der Waals surface area contributed by atoms with E-state index < -0.39 is 0 Å². The van der Waals surface area contributed by atoms with Crippen LogP contribution in [0.4, 0.5) is 0 Å². The minimum absolute atomic E-state index is 0.183.